The van der Waals surface area contributed by atoms with Gasteiger partial charge in [0.05, 0.1) is 13.2 Å². The molecule has 2 atom stereocenters. The highest BCUT2D eigenvalue weighted by Gasteiger charge is 2.26. The first-order valence-corrected chi connectivity index (χ1v) is 6.39. The molecule has 0 radical (unpaired) electrons. The minimum Gasteiger partial charge on any atom is -0.496 e. The van der Waals surface area contributed by atoms with Crippen molar-refractivity contribution in [2.24, 2.45) is 0 Å². The molecule has 7 heteroatoms. The van der Waals surface area contributed by atoms with Gasteiger partial charge in [-0.2, -0.15) is 0 Å². The molecule has 7 nitrogen and oxygen atoms in total. The number of ether oxygens (including phenoxy) is 1. The Balaban J connectivity index is 2.93. The molecule has 0 fully saturated rings. The van der Waals surface area contributed by atoms with Crippen LogP contribution in [-0.2, 0) is 4.79 Å². The summed E-state index contributed by atoms with van der Waals surface area (Å²) >= 11 is 0. The summed E-state index contributed by atoms with van der Waals surface area (Å²) in [7, 11) is 1.32. The van der Waals surface area contributed by atoms with Gasteiger partial charge in [0.15, 0.2) is 0 Å². The first kappa shape index (κ1) is 16.9. The number of aliphatic hydroxyl groups is 2. The zero-order valence-corrected chi connectivity index (χ0v) is 11.9. The maximum atomic E-state index is 11.3. The van der Waals surface area contributed by atoms with E-state index >= 15 is 0 Å². The van der Waals surface area contributed by atoms with Crippen LogP contribution in [0.2, 0.25) is 0 Å². The van der Waals surface area contributed by atoms with Gasteiger partial charge in [-0.05, 0) is 12.5 Å². The highest BCUT2D eigenvalue weighted by Crippen LogP contribution is 2.29. The Morgan fingerprint density at radius 2 is 2.00 bits per heavy atom. The molecule has 1 amide bonds. The van der Waals surface area contributed by atoms with Gasteiger partial charge in [0, 0.05) is 19.0 Å². The van der Waals surface area contributed by atoms with Crippen molar-refractivity contribution < 1.29 is 29.6 Å². The van der Waals surface area contributed by atoms with E-state index in [2.05, 4.69) is 5.32 Å². The standard InChI is InChI=1S/C14H19NO6/c1-8(16)15-7-6-10(17)13(18)9-4-3-5-11(21-2)12(9)14(19)20/h3-5,10,13,17-18H,6-7H2,1-2H3,(H,15,16)(H,19,20). The maximum absolute atomic E-state index is 11.3. The number of nitrogens with one attached hydrogen (secondary N) is 1. The molecule has 4 N–H and O–H groups in total. The molecular weight excluding hydrogens is 278 g/mol. The van der Waals surface area contributed by atoms with Crippen molar-refractivity contribution in [3.05, 3.63) is 29.3 Å². The first-order chi connectivity index (χ1) is 9.88. The second-order valence-electron chi connectivity index (χ2n) is 4.51. The monoisotopic (exact) mass is 297 g/mol. The van der Waals surface area contributed by atoms with Gasteiger partial charge < -0.3 is 25.4 Å². The number of methoxy groups -OCH3 is 1. The SMILES string of the molecule is COc1cccc(C(O)C(O)CCNC(C)=O)c1C(=O)O. The minimum absolute atomic E-state index is 0.0668. The third-order valence-corrected chi connectivity index (χ3v) is 2.99. The van der Waals surface area contributed by atoms with Crippen LogP contribution in [0.4, 0.5) is 0 Å². The van der Waals surface area contributed by atoms with Gasteiger partial charge in [-0.25, -0.2) is 4.79 Å². The Bertz CT molecular complexity index is 516. The van der Waals surface area contributed by atoms with Crippen LogP contribution < -0.4 is 10.1 Å². The molecule has 0 bridgehead atoms. The third kappa shape index (κ3) is 4.44. The largest absolute Gasteiger partial charge is 0.496 e. The van der Waals surface area contributed by atoms with E-state index < -0.39 is 18.2 Å². The fourth-order valence-electron chi connectivity index (χ4n) is 1.95. The van der Waals surface area contributed by atoms with Gasteiger partial charge in [0.1, 0.15) is 17.4 Å². The maximum Gasteiger partial charge on any atom is 0.339 e. The quantitative estimate of drug-likeness (QED) is 0.576. The topological polar surface area (TPSA) is 116 Å². The molecular formula is C14H19NO6. The van der Waals surface area contributed by atoms with Gasteiger partial charge in [0.2, 0.25) is 5.91 Å². The third-order valence-electron chi connectivity index (χ3n) is 2.99. The molecule has 0 saturated carbocycles. The molecule has 1 aromatic carbocycles. The summed E-state index contributed by atoms with van der Waals surface area (Å²) in [5.41, 5.74) is -0.122. The molecule has 0 saturated heterocycles. The number of amides is 1. The summed E-state index contributed by atoms with van der Waals surface area (Å²) in [5.74, 6) is -1.40. The number of hydrogen-bond donors (Lipinski definition) is 4. The Kier molecular flexibility index (Phi) is 6.13. The van der Waals surface area contributed by atoms with Crippen LogP contribution in [0.5, 0.6) is 5.75 Å². The van der Waals surface area contributed by atoms with Crippen LogP contribution in [0, 0.1) is 0 Å². The predicted octanol–water partition coefficient (Wildman–Crippen LogP) is 0.314. The lowest BCUT2D eigenvalue weighted by Gasteiger charge is -2.20. The number of hydrogen-bond acceptors (Lipinski definition) is 5. The van der Waals surface area contributed by atoms with E-state index in [4.69, 9.17) is 4.74 Å². The number of aliphatic hydroxyl groups excluding tert-OH is 2. The summed E-state index contributed by atoms with van der Waals surface area (Å²) in [5, 5.41) is 31.8. The van der Waals surface area contributed by atoms with Crippen LogP contribution in [-0.4, -0.2) is 47.0 Å². The molecule has 0 aliphatic rings. The summed E-state index contributed by atoms with van der Waals surface area (Å²) in [4.78, 5) is 22.0. The fourth-order valence-corrected chi connectivity index (χ4v) is 1.95. The first-order valence-electron chi connectivity index (χ1n) is 6.39. The molecule has 116 valence electrons. The Morgan fingerprint density at radius 3 is 2.52 bits per heavy atom. The second kappa shape index (κ2) is 7.61. The minimum atomic E-state index is -1.39. The van der Waals surface area contributed by atoms with E-state index in [1.165, 1.54) is 32.2 Å². The molecule has 0 spiro atoms. The summed E-state index contributed by atoms with van der Waals surface area (Å²) in [6.45, 7) is 1.52. The lowest BCUT2D eigenvalue weighted by molar-refractivity contribution is -0.119. The smallest absolute Gasteiger partial charge is 0.339 e. The Hall–Kier alpha value is -2.12. The highest BCUT2D eigenvalue weighted by molar-refractivity contribution is 5.92. The van der Waals surface area contributed by atoms with Gasteiger partial charge >= 0.3 is 5.97 Å². The summed E-state index contributed by atoms with van der Waals surface area (Å²) < 4.78 is 4.96. The Labute approximate surface area is 122 Å². The molecule has 0 aliphatic carbocycles. The summed E-state index contributed by atoms with van der Waals surface area (Å²) in [6.07, 6.45) is -2.50. The molecule has 2 unspecified atom stereocenters. The van der Waals surface area contributed by atoms with Crippen molar-refractivity contribution in [1.29, 1.82) is 0 Å². The van der Waals surface area contributed by atoms with E-state index in [0.29, 0.717) is 0 Å². The number of aromatic carboxylic acids is 1. The van der Waals surface area contributed by atoms with E-state index in [0.717, 1.165) is 0 Å². The number of carbonyl (C=O) groups is 2. The molecule has 0 aliphatic heterocycles. The van der Waals surface area contributed by atoms with Gasteiger partial charge in [-0.1, -0.05) is 12.1 Å². The lowest BCUT2D eigenvalue weighted by Crippen LogP contribution is -2.28. The second-order valence-corrected chi connectivity index (χ2v) is 4.51. The van der Waals surface area contributed by atoms with Crippen molar-refractivity contribution in [2.45, 2.75) is 25.6 Å². The molecule has 1 aromatic rings. The van der Waals surface area contributed by atoms with Crippen molar-refractivity contribution in [3.8, 4) is 5.75 Å². The number of carboxylic acids is 1. The Morgan fingerprint density at radius 1 is 1.33 bits per heavy atom. The van der Waals surface area contributed by atoms with Crippen molar-refractivity contribution in [2.75, 3.05) is 13.7 Å². The number of carboxylic acid groups (broad SMARTS) is 1. The normalized spacial score (nSPS) is 13.3. The zero-order valence-electron chi connectivity index (χ0n) is 11.9. The van der Waals surface area contributed by atoms with E-state index in [-0.39, 0.29) is 35.7 Å². The lowest BCUT2D eigenvalue weighted by atomic mass is 9.96. The average molecular weight is 297 g/mol. The van der Waals surface area contributed by atoms with Gasteiger partial charge in [-0.15, -0.1) is 0 Å². The van der Waals surface area contributed by atoms with Crippen LogP contribution in [0.3, 0.4) is 0 Å². The van der Waals surface area contributed by atoms with Crippen molar-refractivity contribution >= 4 is 11.9 Å². The van der Waals surface area contributed by atoms with Gasteiger partial charge in [0.25, 0.3) is 0 Å². The fraction of sp³-hybridized carbons (Fsp3) is 0.429. The van der Waals surface area contributed by atoms with Gasteiger partial charge in [-0.3, -0.25) is 4.79 Å². The predicted molar refractivity (Wildman–Crippen MR) is 74.2 cm³/mol. The molecule has 0 heterocycles. The molecule has 1 rings (SSSR count). The number of carbonyl (C=O) groups excluding carboxylic acids is 1. The van der Waals surface area contributed by atoms with E-state index in [1.54, 1.807) is 0 Å². The van der Waals surface area contributed by atoms with E-state index in [9.17, 15) is 24.9 Å². The van der Waals surface area contributed by atoms with Crippen molar-refractivity contribution in [3.63, 3.8) is 0 Å². The zero-order chi connectivity index (χ0) is 16.0. The van der Waals surface area contributed by atoms with Crippen molar-refractivity contribution in [1.82, 2.24) is 5.32 Å². The van der Waals surface area contributed by atoms with Crippen LogP contribution >= 0.6 is 0 Å². The van der Waals surface area contributed by atoms with Crippen LogP contribution in [0.25, 0.3) is 0 Å². The number of rotatable bonds is 7. The number of benzene rings is 1. The molecule has 21 heavy (non-hydrogen) atoms. The van der Waals surface area contributed by atoms with Crippen LogP contribution in [0.15, 0.2) is 18.2 Å². The van der Waals surface area contributed by atoms with Crippen LogP contribution in [0.1, 0.15) is 35.4 Å². The average Bonchev–Trinajstić information content (AvgIpc) is 2.44. The van der Waals surface area contributed by atoms with E-state index in [1.807, 2.05) is 0 Å². The highest BCUT2D eigenvalue weighted by atomic mass is 16.5. The summed E-state index contributed by atoms with van der Waals surface area (Å²) in [6, 6.07) is 4.41. The molecule has 0 aromatic heterocycles.